The number of ketones is 1. The van der Waals surface area contributed by atoms with Gasteiger partial charge >= 0.3 is 5.97 Å². The molecule has 7 nitrogen and oxygen atoms in total. The third-order valence-electron chi connectivity index (χ3n) is 4.20. The van der Waals surface area contributed by atoms with Gasteiger partial charge in [-0.05, 0) is 72.7 Å². The Morgan fingerprint density at radius 1 is 1.26 bits per heavy atom. The van der Waals surface area contributed by atoms with Crippen LogP contribution >= 0.6 is 33.9 Å². The standard InChI is InChI=1S/C22H19IN2O5S/c1-4-29-18-8-13(7-16(23)20(18)27)6-14(10-24)17(26)9-19-15(11-25)12(3)21(31-19)22(28)30-5-2/h6-8,27H,4-5,9H2,1-3H3/b14-6+. The highest BCUT2D eigenvalue weighted by atomic mass is 127. The van der Waals surface area contributed by atoms with Crippen LogP contribution in [0.25, 0.3) is 6.08 Å². The Hall–Kier alpha value is -2.89. The number of hydrogen-bond donors (Lipinski definition) is 1. The number of halogens is 1. The van der Waals surface area contributed by atoms with E-state index in [9.17, 15) is 25.2 Å². The molecule has 0 amide bonds. The number of hydrogen-bond acceptors (Lipinski definition) is 8. The van der Waals surface area contributed by atoms with Crippen LogP contribution in [0.5, 0.6) is 11.5 Å². The summed E-state index contributed by atoms with van der Waals surface area (Å²) < 4.78 is 10.9. The first-order chi connectivity index (χ1) is 14.8. The number of carbonyl (C=O) groups is 2. The number of nitrogens with zero attached hydrogens (tertiary/aromatic N) is 2. The number of aromatic hydroxyl groups is 1. The minimum absolute atomic E-state index is 0.0105. The molecule has 31 heavy (non-hydrogen) atoms. The lowest BCUT2D eigenvalue weighted by Gasteiger charge is -2.09. The molecule has 0 aliphatic heterocycles. The fraction of sp³-hybridized carbons (Fsp3) is 0.273. The van der Waals surface area contributed by atoms with Gasteiger partial charge in [-0.2, -0.15) is 10.5 Å². The Morgan fingerprint density at radius 2 is 1.97 bits per heavy atom. The van der Waals surface area contributed by atoms with Crippen LogP contribution in [0, 0.1) is 33.2 Å². The molecule has 0 atom stereocenters. The fourth-order valence-electron chi connectivity index (χ4n) is 2.76. The van der Waals surface area contributed by atoms with E-state index in [4.69, 9.17) is 9.47 Å². The van der Waals surface area contributed by atoms with Gasteiger partial charge in [0.1, 0.15) is 17.0 Å². The van der Waals surface area contributed by atoms with E-state index in [0.717, 1.165) is 11.3 Å². The van der Waals surface area contributed by atoms with Crippen molar-refractivity contribution in [3.05, 3.63) is 47.7 Å². The zero-order valence-corrected chi connectivity index (χ0v) is 20.1. The van der Waals surface area contributed by atoms with Gasteiger partial charge in [0.2, 0.25) is 0 Å². The quantitative estimate of drug-likeness (QED) is 0.222. The molecule has 0 bridgehead atoms. The summed E-state index contributed by atoms with van der Waals surface area (Å²) in [5.74, 6) is -0.788. The van der Waals surface area contributed by atoms with E-state index in [1.54, 1.807) is 32.9 Å². The molecular weight excluding hydrogens is 531 g/mol. The Bertz CT molecular complexity index is 1140. The maximum Gasteiger partial charge on any atom is 0.348 e. The first kappa shape index (κ1) is 24.4. The number of ether oxygens (including phenoxy) is 2. The molecule has 1 aromatic carbocycles. The predicted molar refractivity (Wildman–Crippen MR) is 124 cm³/mol. The van der Waals surface area contributed by atoms with Crippen LogP contribution in [-0.4, -0.2) is 30.1 Å². The van der Waals surface area contributed by atoms with Crippen molar-refractivity contribution in [2.24, 2.45) is 0 Å². The van der Waals surface area contributed by atoms with Crippen LogP contribution in [0.4, 0.5) is 0 Å². The molecule has 0 saturated carbocycles. The summed E-state index contributed by atoms with van der Waals surface area (Å²) >= 11 is 2.96. The van der Waals surface area contributed by atoms with Crippen LogP contribution in [0.1, 0.15) is 45.1 Å². The Labute approximate surface area is 197 Å². The average molecular weight is 550 g/mol. The summed E-state index contributed by atoms with van der Waals surface area (Å²) in [6.45, 7) is 5.63. The lowest BCUT2D eigenvalue weighted by molar-refractivity contribution is -0.114. The van der Waals surface area contributed by atoms with E-state index < -0.39 is 11.8 Å². The highest BCUT2D eigenvalue weighted by Crippen LogP contribution is 2.34. The normalized spacial score (nSPS) is 10.8. The second-order valence-corrected chi connectivity index (χ2v) is 8.51. The highest BCUT2D eigenvalue weighted by molar-refractivity contribution is 14.1. The van der Waals surface area contributed by atoms with Crippen molar-refractivity contribution in [2.45, 2.75) is 27.2 Å². The van der Waals surface area contributed by atoms with Gasteiger partial charge in [0.25, 0.3) is 0 Å². The van der Waals surface area contributed by atoms with Crippen molar-refractivity contribution in [3.63, 3.8) is 0 Å². The molecule has 2 rings (SSSR count). The average Bonchev–Trinajstić information content (AvgIpc) is 3.04. The lowest BCUT2D eigenvalue weighted by atomic mass is 10.0. The highest BCUT2D eigenvalue weighted by Gasteiger charge is 2.23. The van der Waals surface area contributed by atoms with Gasteiger partial charge in [-0.15, -0.1) is 11.3 Å². The van der Waals surface area contributed by atoms with E-state index >= 15 is 0 Å². The smallest absolute Gasteiger partial charge is 0.348 e. The molecule has 0 fully saturated rings. The SMILES string of the molecule is CCOC(=O)c1sc(CC(=O)/C(C#N)=C/c2cc(I)c(O)c(OCC)c2)c(C#N)c1C. The van der Waals surface area contributed by atoms with E-state index in [0.29, 0.717) is 26.2 Å². The molecule has 0 unspecified atom stereocenters. The minimum atomic E-state index is -0.543. The number of allylic oxidation sites excluding steroid dienone is 1. The van der Waals surface area contributed by atoms with Crippen LogP contribution < -0.4 is 4.74 Å². The largest absolute Gasteiger partial charge is 0.504 e. The molecule has 0 aliphatic carbocycles. The van der Waals surface area contributed by atoms with Crippen molar-refractivity contribution in [1.82, 2.24) is 0 Å². The molecule has 0 spiro atoms. The van der Waals surface area contributed by atoms with Crippen LogP contribution in [0.3, 0.4) is 0 Å². The third kappa shape index (κ3) is 5.63. The molecule has 160 valence electrons. The van der Waals surface area contributed by atoms with Crippen LogP contribution in [0.2, 0.25) is 0 Å². The number of rotatable bonds is 8. The summed E-state index contributed by atoms with van der Waals surface area (Å²) in [6.07, 6.45) is 1.21. The van der Waals surface area contributed by atoms with Gasteiger partial charge < -0.3 is 14.6 Å². The molecule has 9 heteroatoms. The van der Waals surface area contributed by atoms with Gasteiger partial charge in [-0.25, -0.2) is 4.79 Å². The van der Waals surface area contributed by atoms with Crippen molar-refractivity contribution in [1.29, 1.82) is 10.5 Å². The number of phenolic OH excluding ortho intramolecular Hbond substituents is 1. The third-order valence-corrected chi connectivity index (χ3v) is 6.29. The summed E-state index contributed by atoms with van der Waals surface area (Å²) in [6, 6.07) is 7.09. The molecule has 0 aliphatic rings. The van der Waals surface area contributed by atoms with Crippen molar-refractivity contribution in [2.75, 3.05) is 13.2 Å². The number of nitriles is 2. The second kappa shape index (κ2) is 10.9. The molecule has 1 heterocycles. The van der Waals surface area contributed by atoms with Crippen molar-refractivity contribution in [3.8, 4) is 23.6 Å². The fourth-order valence-corrected chi connectivity index (χ4v) is 4.53. The number of carbonyl (C=O) groups excluding carboxylic acids is 2. The molecule has 1 N–H and O–H groups in total. The first-order valence-electron chi connectivity index (χ1n) is 9.27. The number of thiophene rings is 1. The maximum absolute atomic E-state index is 12.8. The van der Waals surface area contributed by atoms with Gasteiger partial charge in [0.05, 0.1) is 27.9 Å². The Kier molecular flexibility index (Phi) is 8.60. The zero-order chi connectivity index (χ0) is 23.1. The summed E-state index contributed by atoms with van der Waals surface area (Å²) in [7, 11) is 0. The predicted octanol–water partition coefficient (Wildman–Crippen LogP) is 4.53. The number of benzene rings is 1. The maximum atomic E-state index is 12.8. The van der Waals surface area contributed by atoms with E-state index in [2.05, 4.69) is 0 Å². The summed E-state index contributed by atoms with van der Waals surface area (Å²) in [5.41, 5.74) is 1.12. The number of esters is 1. The molecule has 0 saturated heterocycles. The van der Waals surface area contributed by atoms with Crippen molar-refractivity contribution >= 4 is 51.8 Å². The number of Topliss-reactive ketones (excluding diaryl/α,β-unsaturated/α-hetero) is 1. The van der Waals surface area contributed by atoms with E-state index in [-0.39, 0.29) is 40.5 Å². The molecule has 1 aromatic heterocycles. The Morgan fingerprint density at radius 3 is 2.55 bits per heavy atom. The number of phenols is 1. The molecule has 2 aromatic rings. The van der Waals surface area contributed by atoms with Crippen molar-refractivity contribution < 1.29 is 24.2 Å². The second-order valence-electron chi connectivity index (χ2n) is 6.24. The molecular formula is C22H19IN2O5S. The van der Waals surface area contributed by atoms with Crippen LogP contribution in [0.15, 0.2) is 17.7 Å². The van der Waals surface area contributed by atoms with Gasteiger partial charge in [-0.3, -0.25) is 4.79 Å². The van der Waals surface area contributed by atoms with Gasteiger partial charge in [0, 0.05) is 11.3 Å². The zero-order valence-electron chi connectivity index (χ0n) is 17.1. The minimum Gasteiger partial charge on any atom is -0.504 e. The Balaban J connectivity index is 2.39. The van der Waals surface area contributed by atoms with E-state index in [1.807, 2.05) is 34.7 Å². The van der Waals surface area contributed by atoms with Gasteiger partial charge in [0.15, 0.2) is 17.3 Å². The van der Waals surface area contributed by atoms with Gasteiger partial charge in [-0.1, -0.05) is 0 Å². The monoisotopic (exact) mass is 550 g/mol. The topological polar surface area (TPSA) is 120 Å². The van der Waals surface area contributed by atoms with E-state index in [1.165, 1.54) is 6.08 Å². The first-order valence-corrected chi connectivity index (χ1v) is 11.2. The summed E-state index contributed by atoms with van der Waals surface area (Å²) in [5, 5.41) is 29.1. The van der Waals surface area contributed by atoms with Crippen LogP contribution in [-0.2, 0) is 16.0 Å². The molecule has 0 radical (unpaired) electrons. The summed E-state index contributed by atoms with van der Waals surface area (Å²) in [4.78, 5) is 25.6. The lowest BCUT2D eigenvalue weighted by Crippen LogP contribution is -2.05.